The molecule has 314 valence electrons. The molecule has 0 saturated heterocycles. The van der Waals surface area contributed by atoms with Gasteiger partial charge in [-0.05, 0) is 115 Å². The number of benzene rings is 9. The van der Waals surface area contributed by atoms with Gasteiger partial charge in [-0.3, -0.25) is 0 Å². The number of aromatic nitrogens is 1. The zero-order valence-corrected chi connectivity index (χ0v) is 37.1. The summed E-state index contributed by atoms with van der Waals surface area (Å²) in [6.07, 6.45) is 2.26. The largest absolute Gasteiger partial charge is 0.454 e. The molecule has 66 heavy (non-hydrogen) atoms. The minimum absolute atomic E-state index is 0.698. The second kappa shape index (κ2) is 16.3. The van der Waals surface area contributed by atoms with E-state index in [1.807, 2.05) is 23.5 Å². The number of fused-ring (bicyclic) bond motifs is 7. The topological polar surface area (TPSA) is 24.6 Å². The van der Waals surface area contributed by atoms with Crippen molar-refractivity contribution in [2.24, 2.45) is 0 Å². The van der Waals surface area contributed by atoms with E-state index in [1.165, 1.54) is 47.7 Å². The maximum Gasteiger partial charge on any atom is 0.158 e. The van der Waals surface area contributed by atoms with Gasteiger partial charge in [0.05, 0.1) is 27.1 Å². The molecule has 0 unspecified atom stereocenters. The highest BCUT2D eigenvalue weighted by molar-refractivity contribution is 7.26. The van der Waals surface area contributed by atoms with E-state index < -0.39 is 0 Å². The lowest BCUT2D eigenvalue weighted by Crippen LogP contribution is -2.15. The number of anilines is 4. The van der Waals surface area contributed by atoms with Crippen LogP contribution in [-0.2, 0) is 0 Å². The molecule has 5 heteroatoms. The molecule has 9 aromatic carbocycles. The molecule has 0 aliphatic heterocycles. The minimum atomic E-state index is 0.698. The van der Waals surface area contributed by atoms with Crippen molar-refractivity contribution in [3.8, 4) is 16.8 Å². The van der Waals surface area contributed by atoms with Crippen LogP contribution in [0.15, 0.2) is 241 Å². The van der Waals surface area contributed by atoms with Crippen molar-refractivity contribution in [2.45, 2.75) is 6.92 Å². The second-order valence-electron chi connectivity index (χ2n) is 16.6. The number of para-hydroxylation sites is 5. The molecule has 0 spiro atoms. The second-order valence-corrected chi connectivity index (χ2v) is 17.7. The Kier molecular flexibility index (Phi) is 9.70. The predicted octanol–water partition coefficient (Wildman–Crippen LogP) is 17.6. The van der Waals surface area contributed by atoms with Gasteiger partial charge in [-0.15, -0.1) is 11.3 Å². The number of rotatable bonds is 10. The molecule has 12 rings (SSSR count). The van der Waals surface area contributed by atoms with Crippen LogP contribution in [0, 0.1) is 0 Å². The van der Waals surface area contributed by atoms with Gasteiger partial charge >= 0.3 is 0 Å². The Labute approximate surface area is 387 Å². The fraction of sp³-hybridized carbons (Fsp3) is 0.0164. The van der Waals surface area contributed by atoms with Gasteiger partial charge in [0.25, 0.3) is 0 Å². The lowest BCUT2D eigenvalue weighted by Gasteiger charge is -2.27. The minimum Gasteiger partial charge on any atom is -0.454 e. The molecule has 3 aromatic heterocycles. The Morgan fingerprint density at radius 1 is 0.485 bits per heavy atom. The highest BCUT2D eigenvalue weighted by Gasteiger charge is 2.24. The van der Waals surface area contributed by atoms with Crippen molar-refractivity contribution >= 4 is 98.8 Å². The summed E-state index contributed by atoms with van der Waals surface area (Å²) in [5, 5.41) is 6.02. The van der Waals surface area contributed by atoms with E-state index in [0.29, 0.717) is 5.76 Å². The molecular weight excluding hydrogens is 823 g/mol. The summed E-state index contributed by atoms with van der Waals surface area (Å²) in [5.41, 5.74) is 13.4. The van der Waals surface area contributed by atoms with Crippen LogP contribution in [-0.4, -0.2) is 4.57 Å². The zero-order chi connectivity index (χ0) is 44.1. The van der Waals surface area contributed by atoms with Crippen molar-refractivity contribution < 1.29 is 4.42 Å². The zero-order valence-electron chi connectivity index (χ0n) is 36.3. The highest BCUT2D eigenvalue weighted by atomic mass is 32.1. The molecule has 0 amide bonds. The van der Waals surface area contributed by atoms with Gasteiger partial charge in [0.2, 0.25) is 0 Å². The molecule has 3 heterocycles. The molecule has 0 saturated carbocycles. The van der Waals surface area contributed by atoms with Gasteiger partial charge in [-0.1, -0.05) is 140 Å². The maximum absolute atomic E-state index is 7.00. The number of thiophene rings is 1. The molecule has 4 nitrogen and oxygen atoms in total. The summed E-state index contributed by atoms with van der Waals surface area (Å²) >= 11 is 1.87. The first-order chi connectivity index (χ1) is 32.6. The molecule has 0 aliphatic rings. The van der Waals surface area contributed by atoms with Crippen LogP contribution < -0.4 is 9.80 Å². The van der Waals surface area contributed by atoms with Crippen LogP contribution in [0.3, 0.4) is 0 Å². The fourth-order valence-electron chi connectivity index (χ4n) is 9.67. The van der Waals surface area contributed by atoms with Crippen molar-refractivity contribution in [1.29, 1.82) is 0 Å². The number of hydrogen-bond acceptors (Lipinski definition) is 4. The number of hydrogen-bond donors (Lipinski definition) is 0. The van der Waals surface area contributed by atoms with Gasteiger partial charge in [0, 0.05) is 65.6 Å². The summed E-state index contributed by atoms with van der Waals surface area (Å²) in [7, 11) is 0. The van der Waals surface area contributed by atoms with Crippen LogP contribution in [0.25, 0.3) is 81.5 Å². The third-order valence-corrected chi connectivity index (χ3v) is 13.9. The van der Waals surface area contributed by atoms with E-state index in [-0.39, 0.29) is 0 Å². The van der Waals surface area contributed by atoms with E-state index >= 15 is 0 Å². The number of nitrogens with zero attached hydrogens (tertiary/aromatic N) is 3. The first kappa shape index (κ1) is 39.2. The molecule has 0 aliphatic carbocycles. The first-order valence-corrected chi connectivity index (χ1v) is 23.1. The number of furan rings is 1. The average molecular weight is 866 g/mol. The van der Waals surface area contributed by atoms with Crippen LogP contribution in [0.2, 0.25) is 0 Å². The first-order valence-electron chi connectivity index (χ1n) is 22.3. The molecule has 0 bridgehead atoms. The van der Waals surface area contributed by atoms with Crippen LogP contribution in [0.4, 0.5) is 22.7 Å². The van der Waals surface area contributed by atoms with E-state index in [1.54, 1.807) is 0 Å². The van der Waals surface area contributed by atoms with Crippen LogP contribution in [0.1, 0.15) is 18.2 Å². The van der Waals surface area contributed by atoms with E-state index in [9.17, 15) is 0 Å². The lowest BCUT2D eigenvalue weighted by molar-refractivity contribution is 0.597. The lowest BCUT2D eigenvalue weighted by atomic mass is 9.99. The van der Waals surface area contributed by atoms with Crippen molar-refractivity contribution in [3.05, 3.63) is 248 Å². The summed E-state index contributed by atoms with van der Waals surface area (Å²) in [5.74, 6) is 0.698. The Bertz CT molecular complexity index is 3710. The van der Waals surface area contributed by atoms with Crippen molar-refractivity contribution in [2.75, 3.05) is 9.80 Å². The smallest absolute Gasteiger partial charge is 0.158 e. The number of allylic oxidation sites excluding steroid dienone is 1. The molecular formula is C61H43N3OS. The molecule has 0 radical (unpaired) electrons. The fourth-order valence-corrected chi connectivity index (χ4v) is 10.9. The quantitative estimate of drug-likeness (QED) is 0.137. The van der Waals surface area contributed by atoms with E-state index in [4.69, 9.17) is 11.0 Å². The SMILES string of the molecule is C=C(c1oc2ccc(-c3ccc4c(c3)c3ccccc3n4-c3cccc4c3sc3ccccc34)cc2c1/C=C(\C)N(c1ccccc1)c1ccccc1)N(c1ccccc1)c1ccccc1. The normalized spacial score (nSPS) is 11.9. The monoisotopic (exact) mass is 865 g/mol. The Balaban J connectivity index is 1.05. The molecule has 12 aromatic rings. The predicted molar refractivity (Wildman–Crippen MR) is 282 cm³/mol. The van der Waals surface area contributed by atoms with E-state index in [0.717, 1.165) is 61.8 Å². The standard InChI is InChI=1S/C61H43N3OS/c1-41(62(45-20-7-3-8-21-45)46-22-9-4-10-23-46)38-54-53-40-44(35-37-58(53)65-60(54)42(2)63(47-24-11-5-12-25-47)48-26-13-6-14-27-48)43-34-36-56-52(39-43)49-28-15-17-31-55(49)64(56)57-32-19-30-51-50-29-16-18-33-59(50)66-61(51)57/h3-40H,2H2,1H3/b41-38+. The highest BCUT2D eigenvalue weighted by Crippen LogP contribution is 2.44. The maximum atomic E-state index is 7.00. The van der Waals surface area contributed by atoms with E-state index in [2.05, 4.69) is 240 Å². The van der Waals surface area contributed by atoms with Gasteiger partial charge < -0.3 is 18.8 Å². The third kappa shape index (κ3) is 6.68. The summed E-state index contributed by atoms with van der Waals surface area (Å²) in [6, 6.07) is 79.6. The van der Waals surface area contributed by atoms with Gasteiger partial charge in [-0.2, -0.15) is 0 Å². The van der Waals surface area contributed by atoms with Gasteiger partial charge in [0.15, 0.2) is 5.76 Å². The summed E-state index contributed by atoms with van der Waals surface area (Å²) < 4.78 is 12.0. The summed E-state index contributed by atoms with van der Waals surface area (Å²) in [6.45, 7) is 6.96. The average Bonchev–Trinajstić information content (AvgIpc) is 4.05. The van der Waals surface area contributed by atoms with Crippen LogP contribution in [0.5, 0.6) is 0 Å². The van der Waals surface area contributed by atoms with Gasteiger partial charge in [0.1, 0.15) is 5.58 Å². The Morgan fingerprint density at radius 3 is 1.65 bits per heavy atom. The molecule has 0 atom stereocenters. The van der Waals surface area contributed by atoms with Gasteiger partial charge in [-0.25, -0.2) is 0 Å². The Morgan fingerprint density at radius 2 is 1.00 bits per heavy atom. The third-order valence-electron chi connectivity index (χ3n) is 12.7. The summed E-state index contributed by atoms with van der Waals surface area (Å²) in [4.78, 5) is 4.48. The Hall–Kier alpha value is -8.38. The van der Waals surface area contributed by atoms with Crippen molar-refractivity contribution in [1.82, 2.24) is 4.57 Å². The van der Waals surface area contributed by atoms with Crippen molar-refractivity contribution in [3.63, 3.8) is 0 Å². The van der Waals surface area contributed by atoms with Crippen LogP contribution >= 0.6 is 11.3 Å². The molecule has 0 N–H and O–H groups in total. The molecule has 0 fully saturated rings.